The van der Waals surface area contributed by atoms with E-state index in [9.17, 15) is 5.11 Å². The maximum atomic E-state index is 9.45. The topological polar surface area (TPSA) is 41.5 Å². The minimum absolute atomic E-state index is 0.0747. The summed E-state index contributed by atoms with van der Waals surface area (Å²) < 4.78 is 5.03. The van der Waals surface area contributed by atoms with Gasteiger partial charge in [-0.05, 0) is 27.7 Å². The van der Waals surface area contributed by atoms with Crippen molar-refractivity contribution in [3.8, 4) is 0 Å². The lowest BCUT2D eigenvalue weighted by molar-refractivity contribution is 0.0576. The van der Waals surface area contributed by atoms with Crippen LogP contribution in [0.4, 0.5) is 0 Å². The molecule has 2 N–H and O–H groups in total. The lowest BCUT2D eigenvalue weighted by atomic mass is 10.0. The van der Waals surface area contributed by atoms with Crippen LogP contribution in [0.3, 0.4) is 0 Å². The first-order valence-electron chi connectivity index (χ1n) is 4.23. The molecule has 0 aliphatic carbocycles. The van der Waals surface area contributed by atoms with Crippen molar-refractivity contribution in [3.63, 3.8) is 0 Å². The molecule has 0 heterocycles. The summed E-state index contributed by atoms with van der Waals surface area (Å²) in [7, 11) is 1.67. The van der Waals surface area contributed by atoms with Crippen molar-refractivity contribution in [3.05, 3.63) is 0 Å². The molecule has 0 radical (unpaired) electrons. The Balaban J connectivity index is 3.75. The van der Waals surface area contributed by atoms with E-state index < -0.39 is 5.60 Å². The number of hydrogen-bond acceptors (Lipinski definition) is 3. The zero-order chi connectivity index (χ0) is 9.83. The van der Waals surface area contributed by atoms with Gasteiger partial charge in [0.15, 0.2) is 0 Å². The normalized spacial score (nSPS) is 13.5. The number of rotatable bonds is 5. The van der Waals surface area contributed by atoms with Crippen molar-refractivity contribution in [1.82, 2.24) is 5.32 Å². The molecule has 0 rings (SSSR count). The molecule has 0 aliphatic rings. The van der Waals surface area contributed by atoms with Crippen LogP contribution in [0, 0.1) is 0 Å². The highest BCUT2D eigenvalue weighted by atomic mass is 16.5. The highest BCUT2D eigenvalue weighted by Crippen LogP contribution is 2.05. The van der Waals surface area contributed by atoms with Crippen molar-refractivity contribution in [2.75, 3.05) is 20.3 Å². The third-order valence-corrected chi connectivity index (χ3v) is 1.50. The molecule has 74 valence electrons. The lowest BCUT2D eigenvalue weighted by Gasteiger charge is -2.29. The number of nitrogens with one attached hydrogen (secondary N) is 1. The van der Waals surface area contributed by atoms with Gasteiger partial charge in [0.05, 0.1) is 12.2 Å². The fourth-order valence-corrected chi connectivity index (χ4v) is 0.867. The van der Waals surface area contributed by atoms with E-state index in [-0.39, 0.29) is 5.54 Å². The van der Waals surface area contributed by atoms with E-state index in [2.05, 4.69) is 5.32 Å². The molecule has 0 spiro atoms. The molecule has 0 aromatic carbocycles. The van der Waals surface area contributed by atoms with E-state index >= 15 is 0 Å². The first-order chi connectivity index (χ1) is 5.27. The van der Waals surface area contributed by atoms with Crippen LogP contribution in [0.1, 0.15) is 27.7 Å². The molecule has 0 atom stereocenters. The van der Waals surface area contributed by atoms with Crippen LogP contribution in [0.2, 0.25) is 0 Å². The minimum atomic E-state index is -0.662. The average molecular weight is 175 g/mol. The molecule has 0 aromatic heterocycles. The zero-order valence-corrected chi connectivity index (χ0v) is 8.77. The molecule has 3 heteroatoms. The van der Waals surface area contributed by atoms with Gasteiger partial charge < -0.3 is 15.2 Å². The summed E-state index contributed by atoms with van der Waals surface area (Å²) in [4.78, 5) is 0. The van der Waals surface area contributed by atoms with Gasteiger partial charge in [-0.15, -0.1) is 0 Å². The predicted octanol–water partition coefficient (Wildman–Crippen LogP) is 0.772. The number of methoxy groups -OCH3 is 1. The Morgan fingerprint density at radius 2 is 1.75 bits per heavy atom. The van der Waals surface area contributed by atoms with Gasteiger partial charge in [-0.3, -0.25) is 0 Å². The largest absolute Gasteiger partial charge is 0.389 e. The van der Waals surface area contributed by atoms with Gasteiger partial charge in [-0.2, -0.15) is 0 Å². The fourth-order valence-electron chi connectivity index (χ4n) is 0.867. The van der Waals surface area contributed by atoms with E-state index in [0.29, 0.717) is 13.2 Å². The molecule has 0 aliphatic heterocycles. The SMILES string of the molecule is COCC(C)(C)NCC(C)(C)O. The van der Waals surface area contributed by atoms with Crippen LogP contribution < -0.4 is 5.32 Å². The van der Waals surface area contributed by atoms with E-state index in [0.717, 1.165) is 0 Å². The van der Waals surface area contributed by atoms with Gasteiger partial charge in [0.1, 0.15) is 0 Å². The Kier molecular flexibility index (Phi) is 4.17. The van der Waals surface area contributed by atoms with Gasteiger partial charge in [0.25, 0.3) is 0 Å². The molecular formula is C9H21NO2. The second-order valence-electron chi connectivity index (χ2n) is 4.48. The third-order valence-electron chi connectivity index (χ3n) is 1.50. The van der Waals surface area contributed by atoms with Gasteiger partial charge in [0, 0.05) is 19.2 Å². The van der Waals surface area contributed by atoms with Gasteiger partial charge >= 0.3 is 0 Å². The standard InChI is InChI=1S/C9H21NO2/c1-8(2,7-12-5)10-6-9(3,4)11/h10-11H,6-7H2,1-5H3. The third kappa shape index (κ3) is 6.58. The smallest absolute Gasteiger partial charge is 0.0715 e. The quantitative estimate of drug-likeness (QED) is 0.648. The number of ether oxygens (including phenoxy) is 1. The molecular weight excluding hydrogens is 154 g/mol. The van der Waals surface area contributed by atoms with Crippen LogP contribution in [0.25, 0.3) is 0 Å². The number of hydrogen-bond donors (Lipinski definition) is 2. The Bertz CT molecular complexity index is 127. The second kappa shape index (κ2) is 4.21. The minimum Gasteiger partial charge on any atom is -0.389 e. The van der Waals surface area contributed by atoms with Crippen LogP contribution >= 0.6 is 0 Å². The summed E-state index contributed by atoms with van der Waals surface area (Å²) in [5.41, 5.74) is -0.736. The highest BCUT2D eigenvalue weighted by molar-refractivity contribution is 4.80. The van der Waals surface area contributed by atoms with Gasteiger partial charge in [-0.1, -0.05) is 0 Å². The monoisotopic (exact) mass is 175 g/mol. The summed E-state index contributed by atoms with van der Waals surface area (Å²) in [5, 5.41) is 12.7. The van der Waals surface area contributed by atoms with Crippen molar-refractivity contribution in [2.24, 2.45) is 0 Å². The zero-order valence-electron chi connectivity index (χ0n) is 8.77. The second-order valence-corrected chi connectivity index (χ2v) is 4.48. The molecule has 0 unspecified atom stereocenters. The highest BCUT2D eigenvalue weighted by Gasteiger charge is 2.20. The van der Waals surface area contributed by atoms with Crippen LogP contribution in [-0.2, 0) is 4.74 Å². The molecule has 0 amide bonds. The average Bonchev–Trinajstić information content (AvgIpc) is 1.83. The molecule has 0 saturated heterocycles. The van der Waals surface area contributed by atoms with Crippen molar-refractivity contribution < 1.29 is 9.84 Å². The first kappa shape index (κ1) is 11.9. The number of β-amino-alcohol motifs (C(OH)–C–C–N with tert-alkyl or cyclic N) is 1. The van der Waals surface area contributed by atoms with Crippen molar-refractivity contribution in [1.29, 1.82) is 0 Å². The summed E-state index contributed by atoms with van der Waals surface area (Å²) in [6.45, 7) is 8.86. The summed E-state index contributed by atoms with van der Waals surface area (Å²) in [6.07, 6.45) is 0. The van der Waals surface area contributed by atoms with E-state index in [1.165, 1.54) is 0 Å². The molecule has 3 nitrogen and oxygen atoms in total. The van der Waals surface area contributed by atoms with Crippen LogP contribution in [0.5, 0.6) is 0 Å². The van der Waals surface area contributed by atoms with Crippen LogP contribution in [-0.4, -0.2) is 36.5 Å². The Hall–Kier alpha value is -0.120. The summed E-state index contributed by atoms with van der Waals surface area (Å²) >= 11 is 0. The van der Waals surface area contributed by atoms with E-state index in [1.807, 2.05) is 13.8 Å². The molecule has 0 fully saturated rings. The van der Waals surface area contributed by atoms with Crippen molar-refractivity contribution >= 4 is 0 Å². The van der Waals surface area contributed by atoms with Crippen molar-refractivity contribution in [2.45, 2.75) is 38.8 Å². The molecule has 0 bridgehead atoms. The predicted molar refractivity (Wildman–Crippen MR) is 50.3 cm³/mol. The maximum absolute atomic E-state index is 9.45. The summed E-state index contributed by atoms with van der Waals surface area (Å²) in [6, 6.07) is 0. The Labute approximate surface area is 75.1 Å². The Morgan fingerprint density at radius 1 is 1.25 bits per heavy atom. The summed E-state index contributed by atoms with van der Waals surface area (Å²) in [5.74, 6) is 0. The Morgan fingerprint density at radius 3 is 2.08 bits per heavy atom. The molecule has 0 aromatic rings. The van der Waals surface area contributed by atoms with Crippen LogP contribution in [0.15, 0.2) is 0 Å². The lowest BCUT2D eigenvalue weighted by Crippen LogP contribution is -2.49. The van der Waals surface area contributed by atoms with E-state index in [4.69, 9.17) is 4.74 Å². The van der Waals surface area contributed by atoms with Gasteiger partial charge in [-0.25, -0.2) is 0 Å². The van der Waals surface area contributed by atoms with E-state index in [1.54, 1.807) is 21.0 Å². The molecule has 12 heavy (non-hydrogen) atoms. The first-order valence-corrected chi connectivity index (χ1v) is 4.23. The van der Waals surface area contributed by atoms with Gasteiger partial charge in [0.2, 0.25) is 0 Å². The maximum Gasteiger partial charge on any atom is 0.0715 e. The number of aliphatic hydroxyl groups is 1. The molecule has 0 saturated carbocycles. The fraction of sp³-hybridized carbons (Fsp3) is 1.00.